The lowest BCUT2D eigenvalue weighted by Crippen LogP contribution is -2.29. The van der Waals surface area contributed by atoms with E-state index in [1.165, 1.54) is 31.3 Å². The van der Waals surface area contributed by atoms with E-state index in [9.17, 15) is 14.7 Å². The molecule has 4 rings (SSSR count). The van der Waals surface area contributed by atoms with E-state index in [1.807, 2.05) is 0 Å². The number of halogens is 1. The van der Waals surface area contributed by atoms with Gasteiger partial charge in [0, 0.05) is 18.8 Å². The van der Waals surface area contributed by atoms with Crippen LogP contribution in [0.5, 0.6) is 17.2 Å². The van der Waals surface area contributed by atoms with Gasteiger partial charge in [0.05, 0.1) is 43.2 Å². The van der Waals surface area contributed by atoms with Crippen LogP contribution in [-0.2, 0) is 16.1 Å². The number of likely N-dealkylation sites (tertiary alicyclic amines) is 1. The number of pyridine rings is 1. The summed E-state index contributed by atoms with van der Waals surface area (Å²) in [5, 5.41) is 11.6. The fourth-order valence-electron chi connectivity index (χ4n) is 4.01. The van der Waals surface area contributed by atoms with Gasteiger partial charge in [0.2, 0.25) is 0 Å². The SMILES string of the molecule is COc1ccc(CN2C(=O)C(=O)/C(=C(/O)c3cc(OC)c(Cl)cc3OC)C2c2ccccn2)cc1. The van der Waals surface area contributed by atoms with Crippen LogP contribution in [-0.4, -0.2) is 48.0 Å². The fourth-order valence-corrected chi connectivity index (χ4v) is 4.24. The number of methoxy groups -OCH3 is 3. The van der Waals surface area contributed by atoms with Crippen LogP contribution in [0.2, 0.25) is 5.02 Å². The third-order valence-corrected chi connectivity index (χ3v) is 6.04. The minimum absolute atomic E-state index is 0.107. The maximum absolute atomic E-state index is 13.3. The van der Waals surface area contributed by atoms with E-state index in [0.29, 0.717) is 11.4 Å². The van der Waals surface area contributed by atoms with Crippen LogP contribution in [0.15, 0.2) is 66.4 Å². The zero-order valence-electron chi connectivity index (χ0n) is 19.3. The van der Waals surface area contributed by atoms with Crippen LogP contribution in [0.1, 0.15) is 22.9 Å². The third kappa shape index (κ3) is 4.52. The molecule has 0 spiro atoms. The number of carbonyl (C=O) groups excluding carboxylic acids is 2. The Morgan fingerprint density at radius 1 is 1.00 bits per heavy atom. The van der Waals surface area contributed by atoms with Gasteiger partial charge in [-0.05, 0) is 35.9 Å². The first-order chi connectivity index (χ1) is 16.9. The summed E-state index contributed by atoms with van der Waals surface area (Å²) in [5.41, 5.74) is 1.27. The van der Waals surface area contributed by atoms with Gasteiger partial charge in [0.15, 0.2) is 0 Å². The van der Waals surface area contributed by atoms with Crippen molar-refractivity contribution < 1.29 is 28.9 Å². The Labute approximate surface area is 207 Å². The molecule has 1 fully saturated rings. The van der Waals surface area contributed by atoms with Crippen molar-refractivity contribution in [3.8, 4) is 17.2 Å². The predicted molar refractivity (Wildman–Crippen MR) is 130 cm³/mol. The summed E-state index contributed by atoms with van der Waals surface area (Å²) < 4.78 is 15.9. The number of rotatable bonds is 7. The monoisotopic (exact) mass is 494 g/mol. The molecule has 1 saturated heterocycles. The molecule has 9 heteroatoms. The highest BCUT2D eigenvalue weighted by molar-refractivity contribution is 6.46. The number of benzene rings is 2. The summed E-state index contributed by atoms with van der Waals surface area (Å²) >= 11 is 6.21. The Kier molecular flexibility index (Phi) is 6.93. The number of ether oxygens (including phenoxy) is 3. The molecule has 35 heavy (non-hydrogen) atoms. The molecule has 1 aliphatic heterocycles. The topological polar surface area (TPSA) is 98.2 Å². The Morgan fingerprint density at radius 3 is 2.31 bits per heavy atom. The summed E-state index contributed by atoms with van der Waals surface area (Å²) in [6.07, 6.45) is 1.56. The molecular weight excluding hydrogens is 472 g/mol. The lowest BCUT2D eigenvalue weighted by Gasteiger charge is -2.25. The molecule has 0 bridgehead atoms. The van der Waals surface area contributed by atoms with E-state index in [1.54, 1.807) is 55.8 Å². The number of hydrogen-bond donors (Lipinski definition) is 1. The van der Waals surface area contributed by atoms with E-state index < -0.39 is 23.5 Å². The molecule has 1 amide bonds. The molecule has 3 aromatic rings. The molecule has 0 radical (unpaired) electrons. The van der Waals surface area contributed by atoms with E-state index >= 15 is 0 Å². The minimum atomic E-state index is -0.926. The Morgan fingerprint density at radius 2 is 1.71 bits per heavy atom. The average molecular weight is 495 g/mol. The molecule has 1 N–H and O–H groups in total. The number of ketones is 1. The highest BCUT2D eigenvalue weighted by atomic mass is 35.5. The Balaban J connectivity index is 1.87. The highest BCUT2D eigenvalue weighted by Gasteiger charge is 2.47. The second-order valence-corrected chi connectivity index (χ2v) is 8.12. The molecular formula is C26H23ClN2O6. The van der Waals surface area contributed by atoms with Gasteiger partial charge < -0.3 is 24.2 Å². The minimum Gasteiger partial charge on any atom is -0.507 e. The van der Waals surface area contributed by atoms with Gasteiger partial charge in [0.1, 0.15) is 29.0 Å². The molecule has 1 atom stereocenters. The lowest BCUT2D eigenvalue weighted by molar-refractivity contribution is -0.140. The smallest absolute Gasteiger partial charge is 0.296 e. The second kappa shape index (κ2) is 10.1. The quantitative estimate of drug-likeness (QED) is 0.295. The highest BCUT2D eigenvalue weighted by Crippen LogP contribution is 2.43. The number of amides is 1. The standard InChI is InChI=1S/C26H23ClN2O6/c1-33-16-9-7-15(8-10-16)14-29-23(19-6-4-5-11-28-19)22(25(31)26(29)32)24(30)17-12-21(35-3)18(27)13-20(17)34-2/h4-13,23,30H,14H2,1-3H3/b24-22+. The largest absolute Gasteiger partial charge is 0.507 e. The molecule has 2 heterocycles. The maximum Gasteiger partial charge on any atom is 0.296 e. The molecule has 0 aliphatic carbocycles. The number of aromatic nitrogens is 1. The van der Waals surface area contributed by atoms with Crippen LogP contribution < -0.4 is 14.2 Å². The third-order valence-electron chi connectivity index (χ3n) is 5.75. The van der Waals surface area contributed by atoms with Gasteiger partial charge in [-0.1, -0.05) is 29.8 Å². The summed E-state index contributed by atoms with van der Waals surface area (Å²) in [7, 11) is 4.40. The van der Waals surface area contributed by atoms with Crippen LogP contribution in [0.25, 0.3) is 5.76 Å². The number of aliphatic hydroxyl groups excluding tert-OH is 1. The van der Waals surface area contributed by atoms with Gasteiger partial charge >= 0.3 is 0 Å². The van der Waals surface area contributed by atoms with Crippen LogP contribution in [0, 0.1) is 0 Å². The van der Waals surface area contributed by atoms with E-state index in [4.69, 9.17) is 25.8 Å². The van der Waals surface area contributed by atoms with Crippen molar-refractivity contribution in [1.82, 2.24) is 9.88 Å². The molecule has 1 unspecified atom stereocenters. The molecule has 8 nitrogen and oxygen atoms in total. The fraction of sp³-hybridized carbons (Fsp3) is 0.192. The van der Waals surface area contributed by atoms with Crippen molar-refractivity contribution in [3.05, 3.63) is 88.2 Å². The van der Waals surface area contributed by atoms with Crippen LogP contribution in [0.4, 0.5) is 0 Å². The summed E-state index contributed by atoms with van der Waals surface area (Å²) in [5.74, 6) is -0.838. The van der Waals surface area contributed by atoms with Gasteiger partial charge in [-0.3, -0.25) is 14.6 Å². The van der Waals surface area contributed by atoms with E-state index in [0.717, 1.165) is 5.56 Å². The summed E-state index contributed by atoms with van der Waals surface area (Å²) in [6.45, 7) is 0.119. The van der Waals surface area contributed by atoms with Crippen molar-refractivity contribution in [2.75, 3.05) is 21.3 Å². The zero-order chi connectivity index (χ0) is 25.1. The number of hydrogen-bond acceptors (Lipinski definition) is 7. The first-order valence-corrected chi connectivity index (χ1v) is 11.0. The normalized spacial score (nSPS) is 16.9. The maximum atomic E-state index is 13.3. The van der Waals surface area contributed by atoms with Gasteiger partial charge in [-0.25, -0.2) is 0 Å². The van der Waals surface area contributed by atoms with Gasteiger partial charge in [-0.2, -0.15) is 0 Å². The van der Waals surface area contributed by atoms with Gasteiger partial charge in [-0.15, -0.1) is 0 Å². The van der Waals surface area contributed by atoms with Gasteiger partial charge in [0.25, 0.3) is 11.7 Å². The molecule has 1 aromatic heterocycles. The second-order valence-electron chi connectivity index (χ2n) is 7.72. The average Bonchev–Trinajstić information content (AvgIpc) is 3.14. The lowest BCUT2D eigenvalue weighted by atomic mass is 9.97. The molecule has 1 aliphatic rings. The zero-order valence-corrected chi connectivity index (χ0v) is 20.1. The summed E-state index contributed by atoms with van der Waals surface area (Å²) in [4.78, 5) is 32.2. The van der Waals surface area contributed by atoms with Crippen molar-refractivity contribution in [3.63, 3.8) is 0 Å². The molecule has 180 valence electrons. The Hall–Kier alpha value is -4.04. The van der Waals surface area contributed by atoms with Crippen molar-refractivity contribution in [2.45, 2.75) is 12.6 Å². The van der Waals surface area contributed by atoms with Crippen LogP contribution in [0.3, 0.4) is 0 Å². The summed E-state index contributed by atoms with van der Waals surface area (Å²) in [6, 6.07) is 14.3. The van der Waals surface area contributed by atoms with E-state index in [-0.39, 0.29) is 34.2 Å². The molecule has 2 aromatic carbocycles. The first kappa shape index (κ1) is 24.1. The number of Topliss-reactive ketones (excluding diaryl/α,β-unsaturated/α-hetero) is 1. The number of aliphatic hydroxyl groups is 1. The van der Waals surface area contributed by atoms with Crippen LogP contribution >= 0.6 is 11.6 Å². The molecule has 0 saturated carbocycles. The van der Waals surface area contributed by atoms with Crippen molar-refractivity contribution >= 4 is 29.1 Å². The van der Waals surface area contributed by atoms with Crippen molar-refractivity contribution in [1.29, 1.82) is 0 Å². The Bertz CT molecular complexity index is 1290. The van der Waals surface area contributed by atoms with Crippen molar-refractivity contribution in [2.24, 2.45) is 0 Å². The first-order valence-electron chi connectivity index (χ1n) is 10.6. The van der Waals surface area contributed by atoms with E-state index in [2.05, 4.69) is 4.98 Å². The predicted octanol–water partition coefficient (Wildman–Crippen LogP) is 4.38. The number of nitrogens with zero attached hydrogens (tertiary/aromatic N) is 2. The number of carbonyl (C=O) groups is 2.